The van der Waals surface area contributed by atoms with Gasteiger partial charge >= 0.3 is 7.12 Å². The van der Waals surface area contributed by atoms with Gasteiger partial charge in [0, 0.05) is 0 Å². The van der Waals surface area contributed by atoms with E-state index in [9.17, 15) is 0 Å². The molecule has 4 nitrogen and oxygen atoms in total. The average Bonchev–Trinajstić information content (AvgIpc) is 2.32. The summed E-state index contributed by atoms with van der Waals surface area (Å²) in [5.41, 5.74) is -0.265. The number of aliphatic hydroxyl groups excluding tert-OH is 2. The van der Waals surface area contributed by atoms with Gasteiger partial charge in [-0.1, -0.05) is 6.08 Å². The van der Waals surface area contributed by atoms with Crippen molar-refractivity contribution >= 4 is 7.12 Å². The van der Waals surface area contributed by atoms with Gasteiger partial charge in [-0.15, -0.1) is 0 Å². The fraction of sp³-hybridized carbons (Fsp3) is 0.800. The lowest BCUT2D eigenvalue weighted by Crippen LogP contribution is -2.41. The topological polar surface area (TPSA) is 58.9 Å². The highest BCUT2D eigenvalue weighted by Gasteiger charge is 2.52. The second-order valence-corrected chi connectivity index (χ2v) is 4.71. The van der Waals surface area contributed by atoms with Gasteiger partial charge in [-0.3, -0.25) is 0 Å². The van der Waals surface area contributed by atoms with Crippen LogP contribution in [-0.2, 0) is 9.31 Å². The van der Waals surface area contributed by atoms with Crippen LogP contribution < -0.4 is 0 Å². The van der Waals surface area contributed by atoms with Gasteiger partial charge in [0.1, 0.15) is 0 Å². The van der Waals surface area contributed by atoms with Crippen LogP contribution in [0.5, 0.6) is 0 Å². The first-order chi connectivity index (χ1) is 6.84. The lowest BCUT2D eigenvalue weighted by molar-refractivity contribution is 0.00578. The third-order valence-corrected chi connectivity index (χ3v) is 3.09. The second kappa shape index (κ2) is 4.25. The molecule has 5 heteroatoms. The van der Waals surface area contributed by atoms with Crippen molar-refractivity contribution in [3.63, 3.8) is 0 Å². The standard InChI is InChI=1S/C10H19BO4/c1-9(2)10(3,4)15-11(14-9)8(7-13)5-6-12/h5,12-13H,6-7H2,1-4H3/b8-5+. The Morgan fingerprint density at radius 1 is 1.13 bits per heavy atom. The van der Waals surface area contributed by atoms with Crippen LogP contribution in [0, 0.1) is 0 Å². The lowest BCUT2D eigenvalue weighted by atomic mass is 9.78. The van der Waals surface area contributed by atoms with Crippen LogP contribution in [0.3, 0.4) is 0 Å². The summed E-state index contributed by atoms with van der Waals surface area (Å²) in [4.78, 5) is 0. The van der Waals surface area contributed by atoms with Crippen molar-refractivity contribution in [1.29, 1.82) is 0 Å². The maximum Gasteiger partial charge on any atom is 0.492 e. The minimum atomic E-state index is -0.563. The molecule has 0 atom stereocenters. The first-order valence-electron chi connectivity index (χ1n) is 5.10. The molecular formula is C10H19BO4. The zero-order valence-corrected chi connectivity index (χ0v) is 9.78. The van der Waals surface area contributed by atoms with Crippen molar-refractivity contribution in [3.05, 3.63) is 11.5 Å². The van der Waals surface area contributed by atoms with Crippen LogP contribution in [0.1, 0.15) is 27.7 Å². The van der Waals surface area contributed by atoms with E-state index in [-0.39, 0.29) is 13.2 Å². The highest BCUT2D eigenvalue weighted by Crippen LogP contribution is 2.38. The van der Waals surface area contributed by atoms with Crippen molar-refractivity contribution in [2.24, 2.45) is 0 Å². The molecular weight excluding hydrogens is 195 g/mol. The van der Waals surface area contributed by atoms with E-state index in [0.29, 0.717) is 5.47 Å². The molecule has 1 fully saturated rings. The fourth-order valence-corrected chi connectivity index (χ4v) is 1.35. The summed E-state index contributed by atoms with van der Waals surface area (Å²) in [6, 6.07) is 0. The molecule has 0 saturated carbocycles. The molecule has 0 amide bonds. The minimum absolute atomic E-state index is 0.125. The van der Waals surface area contributed by atoms with E-state index in [1.165, 1.54) is 6.08 Å². The molecule has 1 saturated heterocycles. The molecule has 1 rings (SSSR count). The van der Waals surface area contributed by atoms with E-state index in [2.05, 4.69) is 0 Å². The molecule has 1 heterocycles. The quantitative estimate of drug-likeness (QED) is 0.672. The summed E-state index contributed by atoms with van der Waals surface area (Å²) in [7, 11) is -0.563. The number of aliphatic hydroxyl groups is 2. The molecule has 2 N–H and O–H groups in total. The average molecular weight is 214 g/mol. The molecule has 86 valence electrons. The van der Waals surface area contributed by atoms with Gasteiger partial charge in [-0.05, 0) is 33.2 Å². The largest absolute Gasteiger partial charge is 0.492 e. The van der Waals surface area contributed by atoms with Crippen LogP contribution in [-0.4, -0.2) is 41.7 Å². The maximum absolute atomic E-state index is 9.12. The molecule has 1 aliphatic rings. The Balaban J connectivity index is 2.82. The Kier molecular flexibility index (Phi) is 3.61. The van der Waals surface area contributed by atoms with E-state index in [1.54, 1.807) is 0 Å². The minimum Gasteiger partial charge on any atom is -0.400 e. The molecule has 0 spiro atoms. The van der Waals surface area contributed by atoms with Crippen LogP contribution in [0.25, 0.3) is 0 Å². The Morgan fingerprint density at radius 3 is 1.93 bits per heavy atom. The zero-order valence-electron chi connectivity index (χ0n) is 9.78. The molecule has 0 radical (unpaired) electrons. The molecule has 0 aromatic rings. The second-order valence-electron chi connectivity index (χ2n) is 4.71. The van der Waals surface area contributed by atoms with Crippen LogP contribution in [0.4, 0.5) is 0 Å². The first-order valence-corrected chi connectivity index (χ1v) is 5.10. The van der Waals surface area contributed by atoms with Crippen molar-refractivity contribution in [2.75, 3.05) is 13.2 Å². The SMILES string of the molecule is CC1(C)OB(/C(=C/CO)CO)OC1(C)C. The highest BCUT2D eigenvalue weighted by molar-refractivity contribution is 6.54. The predicted octanol–water partition coefficient (Wildman–Crippen LogP) is 0.529. The fourth-order valence-electron chi connectivity index (χ4n) is 1.35. The number of hydrogen-bond acceptors (Lipinski definition) is 4. The van der Waals surface area contributed by atoms with Gasteiger partial charge in [0.05, 0.1) is 24.4 Å². The Labute approximate surface area is 91.0 Å². The summed E-state index contributed by atoms with van der Waals surface area (Å²) in [5.74, 6) is 0. The monoisotopic (exact) mass is 214 g/mol. The van der Waals surface area contributed by atoms with E-state index >= 15 is 0 Å². The van der Waals surface area contributed by atoms with Crippen molar-refractivity contribution in [2.45, 2.75) is 38.9 Å². The molecule has 0 aromatic carbocycles. The Hall–Kier alpha value is -0.355. The Bertz CT molecular complexity index is 244. The van der Waals surface area contributed by atoms with Crippen LogP contribution in [0.2, 0.25) is 0 Å². The van der Waals surface area contributed by atoms with Gasteiger partial charge in [-0.2, -0.15) is 0 Å². The van der Waals surface area contributed by atoms with Gasteiger partial charge in [0.25, 0.3) is 0 Å². The molecule has 0 bridgehead atoms. The highest BCUT2D eigenvalue weighted by atomic mass is 16.7. The van der Waals surface area contributed by atoms with Crippen LogP contribution >= 0.6 is 0 Å². The molecule has 0 aliphatic carbocycles. The van der Waals surface area contributed by atoms with Gasteiger partial charge in [-0.25, -0.2) is 0 Å². The maximum atomic E-state index is 9.12. The van der Waals surface area contributed by atoms with Crippen molar-refractivity contribution < 1.29 is 19.5 Å². The van der Waals surface area contributed by atoms with Crippen molar-refractivity contribution in [1.82, 2.24) is 0 Å². The number of hydrogen-bond donors (Lipinski definition) is 2. The summed E-state index contributed by atoms with van der Waals surface area (Å²) in [6.45, 7) is 7.49. The third-order valence-electron chi connectivity index (χ3n) is 3.09. The van der Waals surface area contributed by atoms with Crippen molar-refractivity contribution in [3.8, 4) is 0 Å². The predicted molar refractivity (Wildman–Crippen MR) is 58.3 cm³/mol. The summed E-state index contributed by atoms with van der Waals surface area (Å²) >= 11 is 0. The van der Waals surface area contributed by atoms with Crippen LogP contribution in [0.15, 0.2) is 11.5 Å². The van der Waals surface area contributed by atoms with E-state index in [0.717, 1.165) is 0 Å². The van der Waals surface area contributed by atoms with Gasteiger partial charge in [0.15, 0.2) is 0 Å². The molecule has 1 aliphatic heterocycles. The van der Waals surface area contributed by atoms with E-state index in [1.807, 2.05) is 27.7 Å². The zero-order chi connectivity index (χ0) is 11.7. The summed E-state index contributed by atoms with van der Waals surface area (Å²) in [6.07, 6.45) is 1.52. The summed E-state index contributed by atoms with van der Waals surface area (Å²) in [5, 5.41) is 17.9. The smallest absolute Gasteiger partial charge is 0.400 e. The lowest BCUT2D eigenvalue weighted by Gasteiger charge is -2.32. The normalized spacial score (nSPS) is 24.7. The van der Waals surface area contributed by atoms with Gasteiger partial charge < -0.3 is 19.5 Å². The molecule has 0 unspecified atom stereocenters. The molecule has 0 aromatic heterocycles. The van der Waals surface area contributed by atoms with E-state index < -0.39 is 18.3 Å². The third kappa shape index (κ3) is 2.42. The number of rotatable bonds is 3. The molecule has 15 heavy (non-hydrogen) atoms. The van der Waals surface area contributed by atoms with E-state index in [4.69, 9.17) is 19.5 Å². The van der Waals surface area contributed by atoms with Gasteiger partial charge in [0.2, 0.25) is 0 Å². The summed E-state index contributed by atoms with van der Waals surface area (Å²) < 4.78 is 11.4. The Morgan fingerprint density at radius 2 is 1.60 bits per heavy atom. The first kappa shape index (κ1) is 12.7.